The fourth-order valence-corrected chi connectivity index (χ4v) is 3.43. The van der Waals surface area contributed by atoms with Gasteiger partial charge in [-0.1, -0.05) is 23.5 Å². The molecule has 1 amide bonds. The number of carbonyl (C=O) groups excluding carboxylic acids is 1. The fraction of sp³-hybridized carbons (Fsp3) is 0.235. The molecule has 3 rings (SSSR count). The third kappa shape index (κ3) is 3.30. The summed E-state index contributed by atoms with van der Waals surface area (Å²) in [5.74, 6) is -0.143. The second-order valence-electron chi connectivity index (χ2n) is 5.57. The van der Waals surface area contributed by atoms with Crippen LogP contribution in [0.25, 0.3) is 10.7 Å². The van der Waals surface area contributed by atoms with Crippen LogP contribution in [0.3, 0.4) is 0 Å². The number of hydrogen-bond donors (Lipinski definition) is 1. The average Bonchev–Trinajstić information content (AvgIpc) is 3.16. The Labute approximate surface area is 147 Å². The molecule has 1 aromatic carbocycles. The minimum Gasteiger partial charge on any atom is -0.298 e. The number of imidazole rings is 1. The number of anilines is 1. The number of alkyl halides is 2. The van der Waals surface area contributed by atoms with E-state index in [4.69, 9.17) is 0 Å². The maximum absolute atomic E-state index is 13.0. The number of thiazole rings is 1. The molecule has 0 unspecified atom stereocenters. The summed E-state index contributed by atoms with van der Waals surface area (Å²) in [5, 5.41) is 3.09. The first kappa shape index (κ1) is 17.2. The lowest BCUT2D eigenvalue weighted by molar-refractivity contribution is 0.0720. The summed E-state index contributed by atoms with van der Waals surface area (Å²) in [6, 6.07) is 5.49. The highest BCUT2D eigenvalue weighted by Crippen LogP contribution is 2.33. The van der Waals surface area contributed by atoms with Gasteiger partial charge in [0.25, 0.3) is 5.91 Å². The first-order valence-corrected chi connectivity index (χ1v) is 8.36. The van der Waals surface area contributed by atoms with Crippen LogP contribution in [0.5, 0.6) is 0 Å². The molecular formula is C17H16F2N4OS. The molecule has 130 valence electrons. The van der Waals surface area contributed by atoms with Crippen molar-refractivity contribution in [1.29, 1.82) is 0 Å². The second kappa shape index (κ2) is 6.72. The van der Waals surface area contributed by atoms with Gasteiger partial charge in [0.1, 0.15) is 0 Å². The van der Waals surface area contributed by atoms with E-state index in [1.54, 1.807) is 13.0 Å². The van der Waals surface area contributed by atoms with Gasteiger partial charge in [0, 0.05) is 18.0 Å². The maximum atomic E-state index is 13.0. The van der Waals surface area contributed by atoms with Crippen LogP contribution in [-0.4, -0.2) is 20.4 Å². The van der Waals surface area contributed by atoms with Gasteiger partial charge in [0.2, 0.25) is 0 Å². The van der Waals surface area contributed by atoms with Crippen molar-refractivity contribution in [3.05, 3.63) is 53.0 Å². The molecule has 5 nitrogen and oxygen atoms in total. The Hall–Kier alpha value is -2.61. The number of nitrogens with zero attached hydrogens (tertiary/aromatic N) is 3. The molecule has 0 aliphatic carbocycles. The van der Waals surface area contributed by atoms with E-state index in [9.17, 15) is 13.6 Å². The topological polar surface area (TPSA) is 59.8 Å². The van der Waals surface area contributed by atoms with Crippen LogP contribution in [0, 0.1) is 20.8 Å². The van der Waals surface area contributed by atoms with Crippen molar-refractivity contribution in [2.24, 2.45) is 0 Å². The van der Waals surface area contributed by atoms with E-state index in [1.807, 2.05) is 26.0 Å². The average molecular weight is 362 g/mol. The summed E-state index contributed by atoms with van der Waals surface area (Å²) in [4.78, 5) is 21.2. The van der Waals surface area contributed by atoms with Gasteiger partial charge in [-0.25, -0.2) is 9.97 Å². The number of amides is 1. The zero-order chi connectivity index (χ0) is 18.1. The molecule has 0 atom stereocenters. The summed E-state index contributed by atoms with van der Waals surface area (Å²) in [6.45, 7) is 2.82. The number of hydrogen-bond acceptors (Lipinski definition) is 4. The molecule has 1 N–H and O–H groups in total. The highest BCUT2D eigenvalue weighted by atomic mass is 32.1. The van der Waals surface area contributed by atoms with E-state index >= 15 is 0 Å². The molecule has 25 heavy (non-hydrogen) atoms. The van der Waals surface area contributed by atoms with Crippen LogP contribution in [0.1, 0.15) is 33.7 Å². The lowest BCUT2D eigenvalue weighted by Crippen LogP contribution is -2.13. The minimum absolute atomic E-state index is 0.136. The zero-order valence-corrected chi connectivity index (χ0v) is 14.7. The molecule has 0 radical (unpaired) electrons. The van der Waals surface area contributed by atoms with Crippen molar-refractivity contribution in [2.45, 2.75) is 27.3 Å². The molecule has 8 heteroatoms. The molecule has 0 saturated carbocycles. The van der Waals surface area contributed by atoms with Crippen molar-refractivity contribution < 1.29 is 13.6 Å². The van der Waals surface area contributed by atoms with Gasteiger partial charge >= 0.3 is 6.55 Å². The van der Waals surface area contributed by atoms with E-state index in [1.165, 1.54) is 12.4 Å². The van der Waals surface area contributed by atoms with Crippen LogP contribution >= 0.6 is 11.3 Å². The third-order valence-electron chi connectivity index (χ3n) is 3.95. The Kier molecular flexibility index (Phi) is 4.63. The zero-order valence-electron chi connectivity index (χ0n) is 13.9. The summed E-state index contributed by atoms with van der Waals surface area (Å²) in [5.41, 5.74) is 3.00. The van der Waals surface area contributed by atoms with Crippen LogP contribution < -0.4 is 5.32 Å². The Morgan fingerprint density at radius 1 is 1.28 bits per heavy atom. The van der Waals surface area contributed by atoms with Crippen molar-refractivity contribution in [3.8, 4) is 10.7 Å². The minimum atomic E-state index is -2.69. The van der Waals surface area contributed by atoms with Crippen LogP contribution in [-0.2, 0) is 0 Å². The van der Waals surface area contributed by atoms with Crippen LogP contribution in [0.2, 0.25) is 0 Å². The molecule has 0 aliphatic heterocycles. The van der Waals surface area contributed by atoms with Gasteiger partial charge < -0.3 is 0 Å². The summed E-state index contributed by atoms with van der Waals surface area (Å²) in [7, 11) is 0. The van der Waals surface area contributed by atoms with E-state index in [-0.39, 0.29) is 11.7 Å². The number of aromatic nitrogens is 3. The van der Waals surface area contributed by atoms with Crippen molar-refractivity contribution in [1.82, 2.24) is 14.5 Å². The van der Waals surface area contributed by atoms with Gasteiger partial charge in [-0.2, -0.15) is 8.78 Å². The second-order valence-corrected chi connectivity index (χ2v) is 6.57. The molecule has 2 heterocycles. The largest absolute Gasteiger partial charge is 0.320 e. The summed E-state index contributed by atoms with van der Waals surface area (Å²) < 4.78 is 26.8. The highest BCUT2D eigenvalue weighted by molar-refractivity contribution is 7.19. The van der Waals surface area contributed by atoms with Gasteiger partial charge in [-0.3, -0.25) is 14.7 Å². The van der Waals surface area contributed by atoms with Crippen molar-refractivity contribution >= 4 is 22.4 Å². The van der Waals surface area contributed by atoms with Gasteiger partial charge in [-0.15, -0.1) is 0 Å². The standard InChI is InChI=1S/C17H16F2N4OS/c1-9-5-4-6-12(10(9)2)15(24)22-17-21-11(3)13(25-17)14-20-7-8-23(14)16(18)19/h4-8,16H,1-3H3,(H,21,22,24). The third-order valence-corrected chi connectivity index (χ3v) is 5.02. The summed E-state index contributed by atoms with van der Waals surface area (Å²) >= 11 is 1.12. The molecule has 3 aromatic rings. The van der Waals surface area contributed by atoms with Crippen molar-refractivity contribution in [2.75, 3.05) is 5.32 Å². The van der Waals surface area contributed by atoms with Gasteiger partial charge in [0.05, 0.1) is 10.6 Å². The predicted octanol–water partition coefficient (Wildman–Crippen LogP) is 4.58. The monoisotopic (exact) mass is 362 g/mol. The first-order valence-electron chi connectivity index (χ1n) is 7.55. The van der Waals surface area contributed by atoms with E-state index in [0.717, 1.165) is 27.0 Å². The Morgan fingerprint density at radius 2 is 2.04 bits per heavy atom. The Morgan fingerprint density at radius 3 is 2.76 bits per heavy atom. The molecule has 0 saturated heterocycles. The normalized spacial score (nSPS) is 11.1. The van der Waals surface area contributed by atoms with Crippen molar-refractivity contribution in [3.63, 3.8) is 0 Å². The van der Waals surface area contributed by atoms with E-state index in [0.29, 0.717) is 21.3 Å². The Balaban J connectivity index is 1.89. The van der Waals surface area contributed by atoms with Gasteiger partial charge in [-0.05, 0) is 38.0 Å². The van der Waals surface area contributed by atoms with E-state index in [2.05, 4.69) is 15.3 Å². The summed E-state index contributed by atoms with van der Waals surface area (Å²) in [6.07, 6.45) is 2.53. The molecule has 2 aromatic heterocycles. The number of benzene rings is 1. The molecule has 0 spiro atoms. The molecule has 0 aliphatic rings. The number of aryl methyl sites for hydroxylation is 2. The lowest BCUT2D eigenvalue weighted by atomic mass is 10.0. The quantitative estimate of drug-likeness (QED) is 0.739. The van der Waals surface area contributed by atoms with Gasteiger partial charge in [0.15, 0.2) is 11.0 Å². The Bertz CT molecular complexity index is 933. The smallest absolute Gasteiger partial charge is 0.298 e. The highest BCUT2D eigenvalue weighted by Gasteiger charge is 2.20. The number of halogens is 2. The molecule has 0 fully saturated rings. The van der Waals surface area contributed by atoms with Crippen LogP contribution in [0.15, 0.2) is 30.6 Å². The van der Waals surface area contributed by atoms with E-state index < -0.39 is 6.55 Å². The van der Waals surface area contributed by atoms with Crippen LogP contribution in [0.4, 0.5) is 13.9 Å². The number of rotatable bonds is 4. The molecular weight excluding hydrogens is 346 g/mol. The number of nitrogens with one attached hydrogen (secondary N) is 1. The lowest BCUT2D eigenvalue weighted by Gasteiger charge is -2.07. The molecule has 0 bridgehead atoms. The predicted molar refractivity (Wildman–Crippen MR) is 93.2 cm³/mol. The number of carbonyl (C=O) groups is 1. The SMILES string of the molecule is Cc1cccc(C(=O)Nc2nc(C)c(-c3nccn3C(F)F)s2)c1C. The first-order chi connectivity index (χ1) is 11.9. The maximum Gasteiger partial charge on any atom is 0.320 e. The fourth-order valence-electron chi connectivity index (χ4n) is 2.47.